The quantitative estimate of drug-likeness (QED) is 0.114. The largest absolute Gasteiger partial charge is 0.481 e. The molecule has 6 N–H and O–H groups in total. The molecule has 2 aliphatic rings. The molecule has 21 heteroatoms. The van der Waals surface area contributed by atoms with Crippen LogP contribution >= 0.6 is 0 Å². The zero-order valence-electron chi connectivity index (χ0n) is 34.8. The molecule has 2 aliphatic heterocycles. The predicted octanol–water partition coefficient (Wildman–Crippen LogP) is 1.77. The molecule has 0 saturated carbocycles. The van der Waals surface area contributed by atoms with Crippen molar-refractivity contribution < 1.29 is 33.7 Å². The van der Waals surface area contributed by atoms with E-state index in [4.69, 9.17) is 20.7 Å². The molecular formula is C44H44F2N12O7. The number of piperazine rings is 2. The van der Waals surface area contributed by atoms with E-state index in [0.717, 1.165) is 37.6 Å². The van der Waals surface area contributed by atoms with Gasteiger partial charge in [0.05, 0.1) is 58.6 Å². The lowest BCUT2D eigenvalue weighted by Crippen LogP contribution is -2.57. The number of aromatic amines is 2. The first kappa shape index (κ1) is 46.8. The van der Waals surface area contributed by atoms with Gasteiger partial charge in [-0.1, -0.05) is 0 Å². The molecule has 1 amide bonds. The van der Waals surface area contributed by atoms with E-state index >= 15 is 0 Å². The topological polar surface area (TPSA) is 281 Å². The normalized spacial score (nSPS) is 15.8. The second-order valence-corrected chi connectivity index (χ2v) is 14.9. The Morgan fingerprint density at radius 1 is 0.723 bits per heavy atom. The Morgan fingerprint density at radius 2 is 1.26 bits per heavy atom. The van der Waals surface area contributed by atoms with Crippen LogP contribution in [0.25, 0.3) is 21.8 Å². The van der Waals surface area contributed by atoms with Crippen molar-refractivity contribution >= 4 is 45.3 Å². The number of aliphatic hydroxyl groups is 2. The number of carbonyl (C=O) groups excluding carboxylic acids is 1. The first-order chi connectivity index (χ1) is 31.4. The number of anilines is 2. The zero-order chi connectivity index (χ0) is 46.5. The van der Waals surface area contributed by atoms with E-state index in [-0.39, 0.29) is 67.4 Å². The number of aryl methyl sites for hydroxylation is 2. The Balaban J connectivity index is 0.000000178. The van der Waals surface area contributed by atoms with Crippen LogP contribution in [0.3, 0.4) is 0 Å². The number of carboxylic acids is 1. The number of aliphatic hydroxyl groups excluding tert-OH is 2. The number of nitrogens with zero attached hydrogens (tertiary/aromatic N) is 9. The van der Waals surface area contributed by atoms with Gasteiger partial charge >= 0.3 is 5.97 Å². The van der Waals surface area contributed by atoms with Gasteiger partial charge in [0.15, 0.2) is 0 Å². The van der Waals surface area contributed by atoms with Gasteiger partial charge in [-0.05, 0) is 60.7 Å². The molecule has 0 spiro atoms. The van der Waals surface area contributed by atoms with Crippen LogP contribution in [0.2, 0.25) is 0 Å². The van der Waals surface area contributed by atoms with Crippen molar-refractivity contribution in [3.63, 3.8) is 0 Å². The summed E-state index contributed by atoms with van der Waals surface area (Å²) in [5, 5.41) is 48.6. The Kier molecular flexibility index (Phi) is 15.9. The minimum absolute atomic E-state index is 0.103. The Bertz CT molecular complexity index is 2830. The van der Waals surface area contributed by atoms with Gasteiger partial charge in [0.1, 0.15) is 47.1 Å². The van der Waals surface area contributed by atoms with Crippen LogP contribution < -0.4 is 26.2 Å². The van der Waals surface area contributed by atoms with Crippen LogP contribution in [0.15, 0.2) is 82.6 Å². The lowest BCUT2D eigenvalue weighted by molar-refractivity contribution is -0.137. The molecule has 65 heavy (non-hydrogen) atoms. The summed E-state index contributed by atoms with van der Waals surface area (Å²) >= 11 is 0. The van der Waals surface area contributed by atoms with Crippen molar-refractivity contribution in [2.24, 2.45) is 0 Å². The number of H-pyrrole nitrogens is 2. The number of carbonyl (C=O) groups is 2. The Morgan fingerprint density at radius 3 is 1.74 bits per heavy atom. The summed E-state index contributed by atoms with van der Waals surface area (Å²) in [6.45, 7) is 3.75. The molecule has 2 fully saturated rings. The summed E-state index contributed by atoms with van der Waals surface area (Å²) in [6, 6.07) is 18.3. The van der Waals surface area contributed by atoms with E-state index in [0.29, 0.717) is 53.4 Å². The third-order valence-electron chi connectivity index (χ3n) is 10.5. The van der Waals surface area contributed by atoms with Crippen molar-refractivity contribution in [3.05, 3.63) is 128 Å². The number of hydrogen-bond donors (Lipinski definition) is 6. The standard InChI is InChI=1S/C22H21FN6O3.C11H9FN2O3.C11H14N4O/c23-15-2-3-18-17(9-15)22(32)27-19(26-18)4-6-21(31)29-8-7-28(12-16(29)13-30)20-5-1-14(10-24)11-25-20;12-6-1-2-8-7(5-6)11(17)14-9(13-8)3-4-10(15)16;12-5-9-1-2-11(14-6-9)15-4-3-13-10(7-15)8-16/h1-3,5,9,11,16,30H,4,6-8,12-13H2,(H,26,27,32);1-2,5H,3-4H2,(H,15,16)(H,13,14,17);1-2,6,10,13,16H,3-4,7-8H2. The maximum absolute atomic E-state index is 13.3. The smallest absolute Gasteiger partial charge is 0.303 e. The van der Waals surface area contributed by atoms with Gasteiger partial charge in [-0.2, -0.15) is 10.5 Å². The maximum atomic E-state index is 13.3. The van der Waals surface area contributed by atoms with E-state index in [1.807, 2.05) is 23.1 Å². The number of hydrogen-bond acceptors (Lipinski definition) is 15. The minimum Gasteiger partial charge on any atom is -0.481 e. The number of nitrogens with one attached hydrogen (secondary N) is 3. The summed E-state index contributed by atoms with van der Waals surface area (Å²) < 4.78 is 26.3. The fourth-order valence-corrected chi connectivity index (χ4v) is 7.13. The highest BCUT2D eigenvalue weighted by Crippen LogP contribution is 2.19. The molecule has 19 nitrogen and oxygen atoms in total. The van der Waals surface area contributed by atoms with Gasteiger partial charge in [0.2, 0.25) is 5.91 Å². The average molecular weight is 891 g/mol. The predicted molar refractivity (Wildman–Crippen MR) is 233 cm³/mol. The molecule has 0 bridgehead atoms. The number of fused-ring (bicyclic) bond motifs is 2. The summed E-state index contributed by atoms with van der Waals surface area (Å²) in [5.41, 5.74) is 0.845. The van der Waals surface area contributed by atoms with Gasteiger partial charge in [-0.25, -0.2) is 28.7 Å². The fraction of sp³-hybridized carbons (Fsp3) is 0.318. The third kappa shape index (κ3) is 12.5. The Hall–Kier alpha value is -7.72. The summed E-state index contributed by atoms with van der Waals surface area (Å²) in [4.78, 5) is 74.7. The minimum atomic E-state index is -0.966. The van der Waals surface area contributed by atoms with E-state index in [9.17, 15) is 33.1 Å². The lowest BCUT2D eigenvalue weighted by atomic mass is 10.1. The summed E-state index contributed by atoms with van der Waals surface area (Å²) in [6.07, 6.45) is 3.42. The molecule has 336 valence electrons. The van der Waals surface area contributed by atoms with Crippen molar-refractivity contribution in [2.75, 3.05) is 62.3 Å². The van der Waals surface area contributed by atoms with Crippen LogP contribution in [0.4, 0.5) is 20.4 Å². The van der Waals surface area contributed by atoms with E-state index in [1.165, 1.54) is 30.5 Å². The fourth-order valence-electron chi connectivity index (χ4n) is 7.13. The number of benzene rings is 2. The molecule has 0 aliphatic carbocycles. The SMILES string of the molecule is N#Cc1ccc(N2CCN(C(=O)CCc3nc4ccc(F)cc4c(=O)[nH]3)C(CO)C2)nc1.N#Cc1ccc(N2CCNC(CO)C2)nc1.O=C(O)CCc1nc2ccc(F)cc2c(=O)[nH]1. The number of pyridine rings is 2. The number of nitriles is 2. The molecule has 6 heterocycles. The number of rotatable bonds is 10. The van der Waals surface area contributed by atoms with E-state index in [2.05, 4.69) is 40.1 Å². The van der Waals surface area contributed by atoms with E-state index in [1.54, 1.807) is 29.3 Å². The number of carboxylic acid groups (broad SMARTS) is 1. The first-order valence-corrected chi connectivity index (χ1v) is 20.4. The molecule has 2 atom stereocenters. The molecule has 8 rings (SSSR count). The lowest BCUT2D eigenvalue weighted by Gasteiger charge is -2.41. The van der Waals surface area contributed by atoms with Gasteiger partial charge < -0.3 is 45.3 Å². The molecular weight excluding hydrogens is 847 g/mol. The molecule has 4 aromatic heterocycles. The van der Waals surface area contributed by atoms with Crippen molar-refractivity contribution in [3.8, 4) is 12.1 Å². The third-order valence-corrected chi connectivity index (χ3v) is 10.5. The Labute approximate surface area is 369 Å². The van der Waals surface area contributed by atoms with Gasteiger partial charge in [0, 0.05) is 77.0 Å². The van der Waals surface area contributed by atoms with Crippen molar-refractivity contribution in [1.29, 1.82) is 10.5 Å². The highest BCUT2D eigenvalue weighted by Gasteiger charge is 2.30. The van der Waals surface area contributed by atoms with Crippen LogP contribution in [-0.2, 0) is 22.4 Å². The average Bonchev–Trinajstić information content (AvgIpc) is 3.33. The van der Waals surface area contributed by atoms with Crippen LogP contribution in [0.1, 0.15) is 35.6 Å². The zero-order valence-corrected chi connectivity index (χ0v) is 34.8. The number of aromatic nitrogens is 6. The monoisotopic (exact) mass is 890 g/mol. The first-order valence-electron chi connectivity index (χ1n) is 20.4. The highest BCUT2D eigenvalue weighted by molar-refractivity contribution is 5.79. The van der Waals surface area contributed by atoms with Gasteiger partial charge in [-0.3, -0.25) is 19.2 Å². The number of amides is 1. The maximum Gasteiger partial charge on any atom is 0.303 e. The van der Waals surface area contributed by atoms with Crippen LogP contribution in [0.5, 0.6) is 0 Å². The van der Waals surface area contributed by atoms with E-state index < -0.39 is 34.8 Å². The molecule has 2 aromatic carbocycles. The summed E-state index contributed by atoms with van der Waals surface area (Å²) in [5.74, 6) is 0.0363. The van der Waals surface area contributed by atoms with Crippen molar-refractivity contribution in [2.45, 2.75) is 37.8 Å². The van der Waals surface area contributed by atoms with Crippen LogP contribution in [-0.4, -0.2) is 127 Å². The number of aliphatic carboxylic acids is 1. The molecule has 0 radical (unpaired) electrons. The summed E-state index contributed by atoms with van der Waals surface area (Å²) in [7, 11) is 0. The van der Waals surface area contributed by atoms with Crippen molar-refractivity contribution in [1.82, 2.24) is 40.1 Å². The molecule has 2 saturated heterocycles. The van der Waals surface area contributed by atoms with Gasteiger partial charge in [0.25, 0.3) is 11.1 Å². The molecule has 2 unspecified atom stereocenters. The highest BCUT2D eigenvalue weighted by atomic mass is 19.1. The second-order valence-electron chi connectivity index (χ2n) is 14.9. The second kappa shape index (κ2) is 22.1. The van der Waals surface area contributed by atoms with Gasteiger partial charge in [-0.15, -0.1) is 0 Å². The molecule has 6 aromatic rings. The van der Waals surface area contributed by atoms with Crippen LogP contribution in [0, 0.1) is 34.3 Å². The number of halogens is 2.